The van der Waals surface area contributed by atoms with E-state index < -0.39 is 0 Å². The van der Waals surface area contributed by atoms with Gasteiger partial charge in [-0.05, 0) is 36.0 Å². The van der Waals surface area contributed by atoms with Gasteiger partial charge in [-0.2, -0.15) is 0 Å². The van der Waals surface area contributed by atoms with Crippen LogP contribution in [0.15, 0.2) is 24.3 Å². The fraction of sp³-hybridized carbons (Fsp3) is 0.364. The van der Waals surface area contributed by atoms with E-state index in [1.54, 1.807) is 4.68 Å². The lowest BCUT2D eigenvalue weighted by molar-refractivity contribution is 0.513. The topological polar surface area (TPSA) is 55.6 Å². The van der Waals surface area contributed by atoms with Gasteiger partial charge >= 0.3 is 0 Å². The van der Waals surface area contributed by atoms with Crippen molar-refractivity contribution in [3.63, 3.8) is 0 Å². The maximum absolute atomic E-state index is 6.17. The maximum Gasteiger partial charge on any atom is 0.165 e. The summed E-state index contributed by atoms with van der Waals surface area (Å²) in [6.07, 6.45) is 0. The van der Waals surface area contributed by atoms with Crippen LogP contribution < -0.4 is 5.32 Å². The summed E-state index contributed by atoms with van der Waals surface area (Å²) in [6.45, 7) is 2.65. The zero-order valence-corrected chi connectivity index (χ0v) is 10.5. The Kier molecular flexibility index (Phi) is 3.71. The molecular formula is C11H14ClN5. The summed E-state index contributed by atoms with van der Waals surface area (Å²) < 4.78 is 1.78. The molecule has 0 fully saturated rings. The molecule has 2 rings (SSSR count). The van der Waals surface area contributed by atoms with Crippen molar-refractivity contribution in [3.8, 4) is 0 Å². The van der Waals surface area contributed by atoms with Gasteiger partial charge in [-0.3, -0.25) is 0 Å². The number of halogens is 1. The van der Waals surface area contributed by atoms with Crippen LogP contribution in [0.25, 0.3) is 0 Å². The molecule has 0 radical (unpaired) electrons. The lowest BCUT2D eigenvalue weighted by Gasteiger charge is -2.15. The highest BCUT2D eigenvalue weighted by molar-refractivity contribution is 6.31. The molecule has 0 amide bonds. The van der Waals surface area contributed by atoms with Gasteiger partial charge in [0.25, 0.3) is 0 Å². The summed E-state index contributed by atoms with van der Waals surface area (Å²) >= 11 is 6.17. The van der Waals surface area contributed by atoms with Gasteiger partial charge in [0.2, 0.25) is 0 Å². The number of nitrogens with zero attached hydrogens (tertiary/aromatic N) is 4. The third-order valence-corrected chi connectivity index (χ3v) is 2.96. The molecule has 0 saturated carbocycles. The van der Waals surface area contributed by atoms with E-state index in [-0.39, 0.29) is 6.04 Å². The molecule has 1 aromatic heterocycles. The summed E-state index contributed by atoms with van der Waals surface area (Å²) in [5.41, 5.74) is 1.01. The highest BCUT2D eigenvalue weighted by atomic mass is 35.5. The fourth-order valence-corrected chi connectivity index (χ4v) is 2.03. The van der Waals surface area contributed by atoms with Crippen LogP contribution in [0.1, 0.15) is 24.4 Å². The third kappa shape index (κ3) is 2.45. The van der Waals surface area contributed by atoms with E-state index in [0.717, 1.165) is 16.4 Å². The van der Waals surface area contributed by atoms with Crippen LogP contribution in [-0.4, -0.2) is 27.3 Å². The van der Waals surface area contributed by atoms with Gasteiger partial charge in [-0.25, -0.2) is 4.68 Å². The lowest BCUT2D eigenvalue weighted by Crippen LogP contribution is -2.17. The molecular weight excluding hydrogens is 238 g/mol. The highest BCUT2D eigenvalue weighted by Gasteiger charge is 2.16. The normalized spacial score (nSPS) is 12.6. The number of benzene rings is 1. The Hall–Kier alpha value is -1.46. The van der Waals surface area contributed by atoms with Gasteiger partial charge in [-0.1, -0.05) is 29.8 Å². The molecule has 0 spiro atoms. The van der Waals surface area contributed by atoms with Crippen molar-refractivity contribution in [3.05, 3.63) is 40.7 Å². The number of hydrogen-bond donors (Lipinski definition) is 1. The molecule has 0 aliphatic heterocycles. The van der Waals surface area contributed by atoms with Crippen molar-refractivity contribution in [1.82, 2.24) is 25.5 Å². The van der Waals surface area contributed by atoms with E-state index in [2.05, 4.69) is 20.8 Å². The van der Waals surface area contributed by atoms with Gasteiger partial charge in [-0.15, -0.1) is 5.10 Å². The standard InChI is InChI=1S/C11H14ClN5/c1-8(9-5-3-4-6-10(9)12)17-11(7-13-2)14-15-16-17/h3-6,8,13H,7H2,1-2H3. The fourth-order valence-electron chi connectivity index (χ4n) is 1.73. The molecule has 0 aliphatic carbocycles. The average molecular weight is 252 g/mol. The molecule has 0 aliphatic rings. The molecule has 0 saturated heterocycles. The van der Waals surface area contributed by atoms with Crippen LogP contribution in [-0.2, 0) is 6.54 Å². The van der Waals surface area contributed by atoms with Crippen LogP contribution in [0.3, 0.4) is 0 Å². The number of rotatable bonds is 4. The first-order chi connectivity index (χ1) is 8.24. The van der Waals surface area contributed by atoms with Crippen molar-refractivity contribution in [1.29, 1.82) is 0 Å². The Morgan fingerprint density at radius 1 is 1.41 bits per heavy atom. The summed E-state index contributed by atoms with van der Waals surface area (Å²) in [7, 11) is 1.86. The van der Waals surface area contributed by atoms with Gasteiger partial charge in [0.1, 0.15) is 0 Å². The minimum absolute atomic E-state index is 0.0158. The molecule has 1 heterocycles. The summed E-state index contributed by atoms with van der Waals surface area (Å²) in [5, 5.41) is 15.4. The zero-order chi connectivity index (χ0) is 12.3. The zero-order valence-electron chi connectivity index (χ0n) is 9.76. The first-order valence-electron chi connectivity index (χ1n) is 5.39. The quantitative estimate of drug-likeness (QED) is 0.898. The minimum atomic E-state index is 0.0158. The number of nitrogens with one attached hydrogen (secondary N) is 1. The Bertz CT molecular complexity index is 496. The second-order valence-corrected chi connectivity index (χ2v) is 4.17. The Labute approximate surface area is 105 Å². The van der Waals surface area contributed by atoms with Gasteiger partial charge in [0, 0.05) is 5.02 Å². The first kappa shape index (κ1) is 12.0. The van der Waals surface area contributed by atoms with E-state index in [0.29, 0.717) is 6.54 Å². The molecule has 2 aromatic rings. The van der Waals surface area contributed by atoms with E-state index in [1.807, 2.05) is 38.2 Å². The van der Waals surface area contributed by atoms with Crippen molar-refractivity contribution in [2.24, 2.45) is 0 Å². The van der Waals surface area contributed by atoms with Crippen LogP contribution >= 0.6 is 11.6 Å². The Morgan fingerprint density at radius 2 is 2.18 bits per heavy atom. The van der Waals surface area contributed by atoms with E-state index >= 15 is 0 Å². The van der Waals surface area contributed by atoms with E-state index in [1.165, 1.54) is 0 Å². The van der Waals surface area contributed by atoms with Crippen LogP contribution in [0.5, 0.6) is 0 Å². The van der Waals surface area contributed by atoms with Crippen molar-refractivity contribution in [2.45, 2.75) is 19.5 Å². The highest BCUT2D eigenvalue weighted by Crippen LogP contribution is 2.25. The number of aromatic nitrogens is 4. The Balaban J connectivity index is 2.34. The molecule has 1 unspecified atom stereocenters. The smallest absolute Gasteiger partial charge is 0.165 e. The van der Waals surface area contributed by atoms with Gasteiger partial charge < -0.3 is 5.32 Å². The molecule has 90 valence electrons. The van der Waals surface area contributed by atoms with Crippen LogP contribution in [0.2, 0.25) is 5.02 Å². The molecule has 0 bridgehead atoms. The monoisotopic (exact) mass is 251 g/mol. The molecule has 1 N–H and O–H groups in total. The summed E-state index contributed by atoms with van der Waals surface area (Å²) in [5.74, 6) is 0.792. The van der Waals surface area contributed by atoms with E-state index in [9.17, 15) is 0 Å². The second-order valence-electron chi connectivity index (χ2n) is 3.77. The summed E-state index contributed by atoms with van der Waals surface area (Å²) in [4.78, 5) is 0. The van der Waals surface area contributed by atoms with Crippen molar-refractivity contribution < 1.29 is 0 Å². The largest absolute Gasteiger partial charge is 0.313 e. The average Bonchev–Trinajstić information content (AvgIpc) is 2.78. The molecule has 5 nitrogen and oxygen atoms in total. The second kappa shape index (κ2) is 5.25. The van der Waals surface area contributed by atoms with E-state index in [4.69, 9.17) is 11.6 Å². The third-order valence-electron chi connectivity index (χ3n) is 2.62. The summed E-state index contributed by atoms with van der Waals surface area (Å²) in [6, 6.07) is 7.74. The first-order valence-corrected chi connectivity index (χ1v) is 5.77. The van der Waals surface area contributed by atoms with Crippen molar-refractivity contribution >= 4 is 11.6 Å². The predicted molar refractivity (Wildman–Crippen MR) is 65.8 cm³/mol. The number of tetrazole rings is 1. The van der Waals surface area contributed by atoms with Crippen LogP contribution in [0, 0.1) is 0 Å². The lowest BCUT2D eigenvalue weighted by atomic mass is 10.1. The Morgan fingerprint density at radius 3 is 2.88 bits per heavy atom. The van der Waals surface area contributed by atoms with Gasteiger partial charge in [0.05, 0.1) is 12.6 Å². The number of hydrogen-bond acceptors (Lipinski definition) is 4. The van der Waals surface area contributed by atoms with Crippen molar-refractivity contribution in [2.75, 3.05) is 7.05 Å². The molecule has 17 heavy (non-hydrogen) atoms. The minimum Gasteiger partial charge on any atom is -0.313 e. The predicted octanol–water partition coefficient (Wildman–Crippen LogP) is 1.66. The maximum atomic E-state index is 6.17. The van der Waals surface area contributed by atoms with Crippen LogP contribution in [0.4, 0.5) is 0 Å². The molecule has 6 heteroatoms. The van der Waals surface area contributed by atoms with Gasteiger partial charge in [0.15, 0.2) is 5.82 Å². The SMILES string of the molecule is CNCc1nnnn1C(C)c1ccccc1Cl. The molecule has 1 atom stereocenters. The molecule has 1 aromatic carbocycles.